The van der Waals surface area contributed by atoms with Crippen molar-refractivity contribution in [1.29, 1.82) is 0 Å². The first-order chi connectivity index (χ1) is 6.31. The number of carbonyl (C=O) groups excluding carboxylic acids is 1. The van der Waals surface area contributed by atoms with E-state index >= 15 is 0 Å². The van der Waals surface area contributed by atoms with Crippen molar-refractivity contribution >= 4 is 5.78 Å². The molecule has 0 heterocycles. The van der Waals surface area contributed by atoms with Crippen LogP contribution in [0.5, 0.6) is 0 Å². The molecule has 0 aromatic carbocycles. The first-order valence-corrected chi connectivity index (χ1v) is 4.94. The van der Waals surface area contributed by atoms with Gasteiger partial charge in [-0.3, -0.25) is 4.79 Å². The second-order valence-corrected chi connectivity index (χ2v) is 4.31. The van der Waals surface area contributed by atoms with E-state index in [0.717, 1.165) is 5.57 Å². The Labute approximate surface area is 77.5 Å². The number of fused-ring (bicyclic) bond motifs is 5. The molecule has 2 N–H and O–H groups in total. The van der Waals surface area contributed by atoms with E-state index in [1.807, 2.05) is 0 Å². The molecule has 0 unspecified atom stereocenters. The normalized spacial score (nSPS) is 45.6. The van der Waals surface area contributed by atoms with Crippen molar-refractivity contribution < 1.29 is 4.79 Å². The topological polar surface area (TPSA) is 43.1 Å². The maximum atomic E-state index is 11.8. The van der Waals surface area contributed by atoms with E-state index in [0.29, 0.717) is 30.1 Å². The van der Waals surface area contributed by atoms with Crippen LogP contribution in [0.2, 0.25) is 0 Å². The van der Waals surface area contributed by atoms with E-state index in [-0.39, 0.29) is 5.92 Å². The van der Waals surface area contributed by atoms with Crippen LogP contribution < -0.4 is 5.73 Å². The number of carbonyl (C=O) groups is 1. The average molecular weight is 175 g/mol. The van der Waals surface area contributed by atoms with Crippen LogP contribution in [-0.2, 0) is 4.79 Å². The lowest BCUT2D eigenvalue weighted by Gasteiger charge is -2.17. The Bertz CT molecular complexity index is 329. The minimum Gasteiger partial charge on any atom is -0.326 e. The standard InChI is InChI=1S/C11H13NO/c12-5-8-4-9-6-1-2-7(3-6)10(9)11(8)13/h1-2,4,6-7,9-10H,3,5,12H2/t6-,7+,9+,10-/m0/s1. The number of hydrogen-bond acceptors (Lipinski definition) is 2. The van der Waals surface area contributed by atoms with Crippen LogP contribution in [-0.4, -0.2) is 12.3 Å². The highest BCUT2D eigenvalue weighted by Gasteiger charge is 2.50. The van der Waals surface area contributed by atoms with Gasteiger partial charge in [0.05, 0.1) is 0 Å². The van der Waals surface area contributed by atoms with Crippen LogP contribution in [0, 0.1) is 23.7 Å². The minimum absolute atomic E-state index is 0.258. The van der Waals surface area contributed by atoms with E-state index < -0.39 is 0 Å². The fourth-order valence-corrected chi connectivity index (χ4v) is 3.15. The summed E-state index contributed by atoms with van der Waals surface area (Å²) < 4.78 is 0. The summed E-state index contributed by atoms with van der Waals surface area (Å²) in [6, 6.07) is 0. The van der Waals surface area contributed by atoms with Gasteiger partial charge >= 0.3 is 0 Å². The fraction of sp³-hybridized carbons (Fsp3) is 0.545. The maximum absolute atomic E-state index is 11.8. The molecule has 2 bridgehead atoms. The van der Waals surface area contributed by atoms with Crippen LogP contribution in [0.4, 0.5) is 0 Å². The minimum atomic E-state index is 0.258. The van der Waals surface area contributed by atoms with Crippen LogP contribution in [0.3, 0.4) is 0 Å². The van der Waals surface area contributed by atoms with Crippen molar-refractivity contribution in [1.82, 2.24) is 0 Å². The summed E-state index contributed by atoms with van der Waals surface area (Å²) in [7, 11) is 0. The molecule has 13 heavy (non-hydrogen) atoms. The smallest absolute Gasteiger partial charge is 0.164 e. The lowest BCUT2D eigenvalue weighted by molar-refractivity contribution is -0.119. The summed E-state index contributed by atoms with van der Waals surface area (Å²) in [6.07, 6.45) is 7.81. The Kier molecular flexibility index (Phi) is 1.34. The third-order valence-electron chi connectivity index (χ3n) is 3.75. The molecule has 0 aromatic heterocycles. The summed E-state index contributed by atoms with van der Waals surface area (Å²) in [4.78, 5) is 11.8. The Balaban J connectivity index is 2.00. The highest BCUT2D eigenvalue weighted by Crippen LogP contribution is 2.52. The molecular weight excluding hydrogens is 162 g/mol. The van der Waals surface area contributed by atoms with Crippen molar-refractivity contribution in [2.75, 3.05) is 6.54 Å². The number of allylic oxidation sites excluding steroid dienone is 3. The molecule has 3 rings (SSSR count). The lowest BCUT2D eigenvalue weighted by atomic mass is 9.85. The average Bonchev–Trinajstić information content (AvgIpc) is 2.76. The summed E-state index contributed by atoms with van der Waals surface area (Å²) >= 11 is 0. The monoisotopic (exact) mass is 175 g/mol. The molecule has 68 valence electrons. The predicted octanol–water partition coefficient (Wildman–Crippen LogP) is 0.893. The first-order valence-electron chi connectivity index (χ1n) is 4.94. The van der Waals surface area contributed by atoms with E-state index in [2.05, 4.69) is 18.2 Å². The molecule has 0 amide bonds. The molecule has 2 heteroatoms. The molecule has 0 aromatic rings. The van der Waals surface area contributed by atoms with Gasteiger partial charge in [-0.1, -0.05) is 18.2 Å². The molecule has 1 saturated carbocycles. The van der Waals surface area contributed by atoms with Gasteiger partial charge in [-0.2, -0.15) is 0 Å². The SMILES string of the molecule is NCC1=C[C@H]2[C@@H](C1=O)[C@@H]1C=C[C@H]2C1. The Hall–Kier alpha value is -0.890. The van der Waals surface area contributed by atoms with Crippen molar-refractivity contribution in [3.63, 3.8) is 0 Å². The fourth-order valence-electron chi connectivity index (χ4n) is 3.15. The number of nitrogens with two attached hydrogens (primary N) is 1. The quantitative estimate of drug-likeness (QED) is 0.601. The van der Waals surface area contributed by atoms with Crippen molar-refractivity contribution in [2.45, 2.75) is 6.42 Å². The van der Waals surface area contributed by atoms with E-state index in [4.69, 9.17) is 5.73 Å². The van der Waals surface area contributed by atoms with Crippen LogP contribution >= 0.6 is 0 Å². The third-order valence-corrected chi connectivity index (χ3v) is 3.75. The van der Waals surface area contributed by atoms with E-state index in [9.17, 15) is 4.79 Å². The Morgan fingerprint density at radius 3 is 2.85 bits per heavy atom. The molecule has 2 nitrogen and oxygen atoms in total. The summed E-state index contributed by atoms with van der Waals surface area (Å²) in [5.74, 6) is 2.21. The largest absolute Gasteiger partial charge is 0.326 e. The van der Waals surface area contributed by atoms with Gasteiger partial charge in [-0.25, -0.2) is 0 Å². The van der Waals surface area contributed by atoms with E-state index in [1.165, 1.54) is 6.42 Å². The molecule has 3 aliphatic carbocycles. The number of Topliss-reactive ketones (excluding diaryl/α,β-unsaturated/α-hetero) is 1. The third kappa shape index (κ3) is 0.792. The van der Waals surface area contributed by atoms with Gasteiger partial charge in [0.2, 0.25) is 0 Å². The summed E-state index contributed by atoms with van der Waals surface area (Å²) in [5.41, 5.74) is 6.40. The Morgan fingerprint density at radius 1 is 1.38 bits per heavy atom. The van der Waals surface area contributed by atoms with Crippen molar-refractivity contribution in [3.8, 4) is 0 Å². The number of rotatable bonds is 1. The number of hydrogen-bond donors (Lipinski definition) is 1. The van der Waals surface area contributed by atoms with Crippen LogP contribution in [0.15, 0.2) is 23.8 Å². The van der Waals surface area contributed by atoms with Gasteiger partial charge in [-0.15, -0.1) is 0 Å². The predicted molar refractivity (Wildman–Crippen MR) is 49.9 cm³/mol. The second kappa shape index (κ2) is 2.32. The van der Waals surface area contributed by atoms with E-state index in [1.54, 1.807) is 0 Å². The summed E-state index contributed by atoms with van der Waals surface area (Å²) in [6.45, 7) is 0.422. The molecule has 0 radical (unpaired) electrons. The van der Waals surface area contributed by atoms with Gasteiger partial charge < -0.3 is 5.73 Å². The summed E-state index contributed by atoms with van der Waals surface area (Å²) in [5, 5.41) is 0. The number of ketones is 1. The first kappa shape index (κ1) is 7.51. The van der Waals surface area contributed by atoms with Crippen molar-refractivity contribution in [3.05, 3.63) is 23.8 Å². The van der Waals surface area contributed by atoms with Crippen LogP contribution in [0.25, 0.3) is 0 Å². The molecular formula is C11H13NO. The van der Waals surface area contributed by atoms with Gasteiger partial charge in [0.1, 0.15) is 0 Å². The molecule has 3 aliphatic rings. The molecule has 0 spiro atoms. The highest BCUT2D eigenvalue weighted by molar-refractivity contribution is 6.01. The Morgan fingerprint density at radius 2 is 2.15 bits per heavy atom. The zero-order valence-corrected chi connectivity index (χ0v) is 7.44. The van der Waals surface area contributed by atoms with Gasteiger partial charge in [-0.05, 0) is 24.2 Å². The maximum Gasteiger partial charge on any atom is 0.164 e. The second-order valence-electron chi connectivity index (χ2n) is 4.31. The van der Waals surface area contributed by atoms with Crippen LogP contribution in [0.1, 0.15) is 6.42 Å². The lowest BCUT2D eigenvalue weighted by Crippen LogP contribution is -2.22. The molecule has 0 saturated heterocycles. The molecule has 0 aliphatic heterocycles. The zero-order valence-electron chi connectivity index (χ0n) is 7.44. The zero-order chi connectivity index (χ0) is 9.00. The molecule has 1 fully saturated rings. The van der Waals surface area contributed by atoms with Gasteiger partial charge in [0, 0.05) is 18.0 Å². The molecule has 4 atom stereocenters. The van der Waals surface area contributed by atoms with Crippen molar-refractivity contribution in [2.24, 2.45) is 29.4 Å². The highest BCUT2D eigenvalue weighted by atomic mass is 16.1. The van der Waals surface area contributed by atoms with Gasteiger partial charge in [0.25, 0.3) is 0 Å². The van der Waals surface area contributed by atoms with Gasteiger partial charge in [0.15, 0.2) is 5.78 Å².